The highest BCUT2D eigenvalue weighted by Gasteiger charge is 2.11. The summed E-state index contributed by atoms with van der Waals surface area (Å²) in [5.74, 6) is -0.129. The number of amides is 1. The number of thiazole rings is 1. The fraction of sp³-hybridized carbons (Fsp3) is 0.462. The summed E-state index contributed by atoms with van der Waals surface area (Å²) in [6, 6.07) is -0.128. The van der Waals surface area contributed by atoms with E-state index in [9.17, 15) is 4.79 Å². The first-order chi connectivity index (χ1) is 9.66. The van der Waals surface area contributed by atoms with E-state index in [1.807, 2.05) is 17.7 Å². The topological polar surface area (TPSA) is 85.8 Å². The molecule has 0 aromatic carbocycles. The molecule has 0 radical (unpaired) electrons. The Kier molecular flexibility index (Phi) is 5.25. The molecule has 2 aromatic rings. The second-order valence-electron chi connectivity index (χ2n) is 4.62. The van der Waals surface area contributed by atoms with E-state index < -0.39 is 0 Å². The van der Waals surface area contributed by atoms with Crippen molar-refractivity contribution >= 4 is 17.2 Å². The van der Waals surface area contributed by atoms with Gasteiger partial charge in [-0.3, -0.25) is 4.79 Å². The van der Waals surface area contributed by atoms with Crippen molar-refractivity contribution in [1.29, 1.82) is 0 Å². The molecule has 1 amide bonds. The Labute approximate surface area is 122 Å². The molecule has 3 N–H and O–H groups in total. The lowest BCUT2D eigenvalue weighted by Crippen LogP contribution is -2.25. The van der Waals surface area contributed by atoms with Crippen LogP contribution in [0.2, 0.25) is 0 Å². The first kappa shape index (κ1) is 14.7. The lowest BCUT2D eigenvalue weighted by atomic mass is 10.3. The van der Waals surface area contributed by atoms with Crippen LogP contribution in [0.15, 0.2) is 24.1 Å². The Hall–Kier alpha value is -1.73. The highest BCUT2D eigenvalue weighted by molar-refractivity contribution is 7.09. The minimum atomic E-state index is -0.129. The highest BCUT2D eigenvalue weighted by atomic mass is 32.1. The highest BCUT2D eigenvalue weighted by Crippen LogP contribution is 2.15. The largest absolute Gasteiger partial charge is 0.351 e. The first-order valence-corrected chi connectivity index (χ1v) is 7.49. The fourth-order valence-corrected chi connectivity index (χ4v) is 2.49. The number of hydrogen-bond donors (Lipinski definition) is 2. The van der Waals surface area contributed by atoms with Crippen LogP contribution >= 0.6 is 11.3 Å². The molecular weight excluding hydrogens is 274 g/mol. The zero-order valence-corrected chi connectivity index (χ0v) is 12.3. The first-order valence-electron chi connectivity index (χ1n) is 6.62. The summed E-state index contributed by atoms with van der Waals surface area (Å²) < 4.78 is 2.02. The maximum Gasteiger partial charge on any atom is 0.270 e. The van der Waals surface area contributed by atoms with E-state index in [4.69, 9.17) is 5.73 Å². The summed E-state index contributed by atoms with van der Waals surface area (Å²) in [6.07, 6.45) is 7.42. The van der Waals surface area contributed by atoms with E-state index in [1.54, 1.807) is 17.9 Å². The molecule has 2 rings (SSSR count). The molecule has 108 valence electrons. The molecule has 0 saturated heterocycles. The molecule has 0 bridgehead atoms. The molecule has 6 nitrogen and oxygen atoms in total. The van der Waals surface area contributed by atoms with Crippen molar-refractivity contribution in [1.82, 2.24) is 19.9 Å². The normalized spacial score (nSPS) is 12.3. The number of nitrogens with two attached hydrogens (primary N) is 1. The van der Waals surface area contributed by atoms with Gasteiger partial charge in [0, 0.05) is 30.9 Å². The van der Waals surface area contributed by atoms with Gasteiger partial charge in [0.2, 0.25) is 0 Å². The summed E-state index contributed by atoms with van der Waals surface area (Å²) in [7, 11) is 0. The van der Waals surface area contributed by atoms with Gasteiger partial charge in [0.25, 0.3) is 5.91 Å². The van der Waals surface area contributed by atoms with Gasteiger partial charge in [-0.2, -0.15) is 0 Å². The van der Waals surface area contributed by atoms with Crippen molar-refractivity contribution in [2.75, 3.05) is 6.54 Å². The second kappa shape index (κ2) is 7.16. The van der Waals surface area contributed by atoms with Crippen molar-refractivity contribution in [2.45, 2.75) is 32.4 Å². The van der Waals surface area contributed by atoms with Crippen LogP contribution in [0.5, 0.6) is 0 Å². The lowest BCUT2D eigenvalue weighted by Gasteiger charge is -2.04. The smallest absolute Gasteiger partial charge is 0.270 e. The molecule has 2 heterocycles. The maximum atomic E-state index is 11.8. The quantitative estimate of drug-likeness (QED) is 0.759. The summed E-state index contributed by atoms with van der Waals surface area (Å²) in [4.78, 5) is 20.0. The summed E-state index contributed by atoms with van der Waals surface area (Å²) in [5.41, 5.74) is 6.18. The number of unbranched alkanes of at least 4 members (excludes halogenated alkanes) is 1. The molecule has 0 aliphatic rings. The van der Waals surface area contributed by atoms with Gasteiger partial charge < -0.3 is 15.6 Å². The van der Waals surface area contributed by atoms with Gasteiger partial charge in [0.05, 0.1) is 12.4 Å². The van der Waals surface area contributed by atoms with Gasteiger partial charge in [-0.1, -0.05) is 0 Å². The molecule has 0 fully saturated rings. The third-order valence-electron chi connectivity index (χ3n) is 2.83. The SMILES string of the molecule is CC(N)c1nc(C(=O)NCCCCn2ccnc2)cs1. The number of carbonyl (C=O) groups is 1. The maximum absolute atomic E-state index is 11.8. The predicted molar refractivity (Wildman–Crippen MR) is 78.5 cm³/mol. The van der Waals surface area contributed by atoms with Crippen LogP contribution in [0.25, 0.3) is 0 Å². The van der Waals surface area contributed by atoms with Gasteiger partial charge in [-0.15, -0.1) is 11.3 Å². The molecule has 2 aromatic heterocycles. The Morgan fingerprint density at radius 3 is 3.05 bits per heavy atom. The van der Waals surface area contributed by atoms with Crippen molar-refractivity contribution in [2.24, 2.45) is 5.73 Å². The summed E-state index contributed by atoms with van der Waals surface area (Å²) in [5, 5.41) is 5.41. The van der Waals surface area contributed by atoms with E-state index in [2.05, 4.69) is 15.3 Å². The van der Waals surface area contributed by atoms with E-state index >= 15 is 0 Å². The average molecular weight is 293 g/mol. The predicted octanol–water partition coefficient (Wildman–Crippen LogP) is 1.57. The lowest BCUT2D eigenvalue weighted by molar-refractivity contribution is 0.0948. The zero-order valence-electron chi connectivity index (χ0n) is 11.5. The van der Waals surface area contributed by atoms with Crippen molar-refractivity contribution in [3.05, 3.63) is 34.8 Å². The van der Waals surface area contributed by atoms with Gasteiger partial charge in [-0.25, -0.2) is 9.97 Å². The second-order valence-corrected chi connectivity index (χ2v) is 5.51. The minimum absolute atomic E-state index is 0.128. The van der Waals surface area contributed by atoms with Crippen LogP contribution in [-0.2, 0) is 6.54 Å². The Balaban J connectivity index is 1.66. The molecule has 0 saturated carbocycles. The van der Waals surface area contributed by atoms with Crippen molar-refractivity contribution in [3.8, 4) is 0 Å². The zero-order chi connectivity index (χ0) is 14.4. The molecule has 0 aliphatic heterocycles. The number of aryl methyl sites for hydroxylation is 1. The van der Waals surface area contributed by atoms with Crippen molar-refractivity contribution < 1.29 is 4.79 Å². The van der Waals surface area contributed by atoms with E-state index in [0.717, 1.165) is 24.4 Å². The monoisotopic (exact) mass is 293 g/mol. The Morgan fingerprint density at radius 1 is 1.55 bits per heavy atom. The number of nitrogens with zero attached hydrogens (tertiary/aromatic N) is 3. The molecule has 20 heavy (non-hydrogen) atoms. The van der Waals surface area contributed by atoms with Crippen molar-refractivity contribution in [3.63, 3.8) is 0 Å². The Bertz CT molecular complexity index is 535. The minimum Gasteiger partial charge on any atom is -0.351 e. The molecular formula is C13H19N5OS. The summed E-state index contributed by atoms with van der Waals surface area (Å²) in [6.45, 7) is 3.43. The van der Waals surface area contributed by atoms with Gasteiger partial charge in [0.15, 0.2) is 0 Å². The van der Waals surface area contributed by atoms with Crippen LogP contribution in [0.1, 0.15) is 41.3 Å². The Morgan fingerprint density at radius 2 is 2.40 bits per heavy atom. The standard InChI is InChI=1S/C13H19N5OS/c1-10(14)13-17-11(8-20-13)12(19)16-4-2-3-6-18-7-5-15-9-18/h5,7-10H,2-4,6,14H2,1H3,(H,16,19). The van der Waals surface area contributed by atoms with Gasteiger partial charge in [-0.05, 0) is 19.8 Å². The molecule has 1 atom stereocenters. The van der Waals surface area contributed by atoms with E-state index in [-0.39, 0.29) is 11.9 Å². The number of aromatic nitrogens is 3. The van der Waals surface area contributed by atoms with E-state index in [0.29, 0.717) is 12.2 Å². The fourth-order valence-electron chi connectivity index (χ4n) is 1.73. The van der Waals surface area contributed by atoms with Crippen LogP contribution < -0.4 is 11.1 Å². The molecule has 0 aliphatic carbocycles. The van der Waals surface area contributed by atoms with E-state index in [1.165, 1.54) is 11.3 Å². The van der Waals surface area contributed by atoms with Crippen LogP contribution in [0, 0.1) is 0 Å². The van der Waals surface area contributed by atoms with Crippen LogP contribution in [0.4, 0.5) is 0 Å². The molecule has 1 unspecified atom stereocenters. The molecule has 7 heteroatoms. The number of rotatable bonds is 7. The third-order valence-corrected chi connectivity index (χ3v) is 3.88. The average Bonchev–Trinajstić information content (AvgIpc) is 3.09. The van der Waals surface area contributed by atoms with Crippen LogP contribution in [-0.4, -0.2) is 27.0 Å². The van der Waals surface area contributed by atoms with Gasteiger partial charge >= 0.3 is 0 Å². The number of carbonyl (C=O) groups excluding carboxylic acids is 1. The van der Waals surface area contributed by atoms with Crippen LogP contribution in [0.3, 0.4) is 0 Å². The van der Waals surface area contributed by atoms with Gasteiger partial charge in [0.1, 0.15) is 10.7 Å². The molecule has 0 spiro atoms. The number of nitrogens with one attached hydrogen (secondary N) is 1. The number of hydrogen-bond acceptors (Lipinski definition) is 5. The third kappa shape index (κ3) is 4.14. The number of imidazole rings is 1. The summed E-state index contributed by atoms with van der Waals surface area (Å²) >= 11 is 1.42.